The third kappa shape index (κ3) is 2.26. The minimum atomic E-state index is -2.19. The summed E-state index contributed by atoms with van der Waals surface area (Å²) in [6.07, 6.45) is -0.212. The summed E-state index contributed by atoms with van der Waals surface area (Å²) in [5.41, 5.74) is -1.67. The van der Waals surface area contributed by atoms with E-state index in [0.29, 0.717) is 5.56 Å². The van der Waals surface area contributed by atoms with Gasteiger partial charge in [0.15, 0.2) is 0 Å². The number of carboxylic acids is 2. The lowest BCUT2D eigenvalue weighted by Gasteiger charge is -2.18. The SMILES string of the molecule is Cc1c(Cl)c2n(c1C(=O)c1ccc(F)cc1)CCC2(C(=O)O)C(=O)O. The number of aromatic nitrogens is 1. The van der Waals surface area contributed by atoms with Gasteiger partial charge < -0.3 is 14.8 Å². The van der Waals surface area contributed by atoms with Crippen LogP contribution >= 0.6 is 11.6 Å². The van der Waals surface area contributed by atoms with Crippen LogP contribution in [-0.2, 0) is 21.5 Å². The van der Waals surface area contributed by atoms with Crippen LogP contribution in [-0.4, -0.2) is 32.5 Å². The Morgan fingerprint density at radius 3 is 2.24 bits per heavy atom. The molecule has 0 spiro atoms. The van der Waals surface area contributed by atoms with E-state index in [1.165, 1.54) is 23.6 Å². The number of benzene rings is 1. The minimum Gasteiger partial charge on any atom is -0.480 e. The number of halogens is 2. The third-order valence-corrected chi connectivity index (χ3v) is 5.06. The van der Waals surface area contributed by atoms with E-state index in [2.05, 4.69) is 0 Å². The normalized spacial score (nSPS) is 15.0. The van der Waals surface area contributed by atoms with Crippen LogP contribution in [0.25, 0.3) is 0 Å². The fourth-order valence-corrected chi connectivity index (χ4v) is 3.65. The van der Waals surface area contributed by atoms with Gasteiger partial charge in [-0.2, -0.15) is 0 Å². The van der Waals surface area contributed by atoms with Gasteiger partial charge in [-0.15, -0.1) is 0 Å². The lowest BCUT2D eigenvalue weighted by atomic mass is 9.83. The summed E-state index contributed by atoms with van der Waals surface area (Å²) in [6, 6.07) is 4.89. The molecule has 1 aliphatic rings. The average molecular weight is 366 g/mol. The number of carboxylic acid groups (broad SMARTS) is 2. The summed E-state index contributed by atoms with van der Waals surface area (Å²) >= 11 is 6.23. The van der Waals surface area contributed by atoms with E-state index in [1.54, 1.807) is 0 Å². The highest BCUT2D eigenvalue weighted by Crippen LogP contribution is 2.44. The summed E-state index contributed by atoms with van der Waals surface area (Å²) in [5, 5.41) is 19.0. The molecule has 0 saturated heterocycles. The van der Waals surface area contributed by atoms with Crippen LogP contribution in [0.5, 0.6) is 0 Å². The number of nitrogens with zero attached hydrogens (tertiary/aromatic N) is 1. The van der Waals surface area contributed by atoms with E-state index < -0.39 is 29.0 Å². The van der Waals surface area contributed by atoms with Gasteiger partial charge >= 0.3 is 11.9 Å². The molecule has 2 N–H and O–H groups in total. The van der Waals surface area contributed by atoms with Crippen LogP contribution in [0.1, 0.15) is 33.7 Å². The van der Waals surface area contributed by atoms with Crippen molar-refractivity contribution >= 4 is 29.3 Å². The Balaban J connectivity index is 2.22. The van der Waals surface area contributed by atoms with Gasteiger partial charge in [-0.25, -0.2) is 4.39 Å². The number of hydrogen-bond donors (Lipinski definition) is 2. The molecule has 25 heavy (non-hydrogen) atoms. The van der Waals surface area contributed by atoms with Crippen molar-refractivity contribution in [2.24, 2.45) is 0 Å². The first-order valence-corrected chi connectivity index (χ1v) is 7.75. The smallest absolute Gasteiger partial charge is 0.327 e. The molecule has 0 atom stereocenters. The van der Waals surface area contributed by atoms with E-state index in [-0.39, 0.29) is 34.9 Å². The number of hydrogen-bond acceptors (Lipinski definition) is 3. The molecular formula is C17H13ClFNO5. The standard InChI is InChI=1S/C17H13ClFNO5/c1-8-11(18)14-17(15(22)23,16(24)25)6-7-20(14)12(8)13(21)9-2-4-10(19)5-3-9/h2-5H,6-7H2,1H3,(H,22,23)(H,24,25). The van der Waals surface area contributed by atoms with E-state index in [0.717, 1.165) is 12.1 Å². The summed E-state index contributed by atoms with van der Waals surface area (Å²) in [7, 11) is 0. The molecule has 0 amide bonds. The molecule has 2 heterocycles. The molecule has 3 rings (SSSR count). The number of carbonyl (C=O) groups is 3. The van der Waals surface area contributed by atoms with Gasteiger partial charge in [0.25, 0.3) is 0 Å². The molecule has 8 heteroatoms. The Bertz CT molecular complexity index is 902. The zero-order chi connectivity index (χ0) is 18.5. The van der Waals surface area contributed by atoms with Gasteiger partial charge in [-0.05, 0) is 43.2 Å². The first kappa shape index (κ1) is 17.2. The molecule has 0 fully saturated rings. The van der Waals surface area contributed by atoms with Gasteiger partial charge in [0.1, 0.15) is 5.82 Å². The molecule has 0 radical (unpaired) electrons. The lowest BCUT2D eigenvalue weighted by molar-refractivity contribution is -0.157. The molecule has 0 unspecified atom stereocenters. The number of ketones is 1. The van der Waals surface area contributed by atoms with Crippen LogP contribution in [0.3, 0.4) is 0 Å². The highest BCUT2D eigenvalue weighted by molar-refractivity contribution is 6.34. The van der Waals surface area contributed by atoms with Crippen molar-refractivity contribution in [2.75, 3.05) is 0 Å². The second-order valence-corrected chi connectivity index (χ2v) is 6.27. The predicted molar refractivity (Wildman–Crippen MR) is 85.6 cm³/mol. The van der Waals surface area contributed by atoms with Crippen LogP contribution in [0.4, 0.5) is 4.39 Å². The largest absolute Gasteiger partial charge is 0.480 e. The van der Waals surface area contributed by atoms with E-state index in [9.17, 15) is 29.0 Å². The molecule has 1 aromatic heterocycles. The van der Waals surface area contributed by atoms with E-state index in [4.69, 9.17) is 11.6 Å². The van der Waals surface area contributed by atoms with Gasteiger partial charge in [0, 0.05) is 12.1 Å². The highest BCUT2D eigenvalue weighted by atomic mass is 35.5. The quantitative estimate of drug-likeness (QED) is 0.641. The number of aliphatic carboxylic acids is 2. The van der Waals surface area contributed by atoms with Crippen LogP contribution < -0.4 is 0 Å². The predicted octanol–water partition coefficient (Wildman–Crippen LogP) is 2.63. The number of fused-ring (bicyclic) bond motifs is 1. The fraction of sp³-hybridized carbons (Fsp3) is 0.235. The van der Waals surface area contributed by atoms with Crippen molar-refractivity contribution in [3.8, 4) is 0 Å². The lowest BCUT2D eigenvalue weighted by Crippen LogP contribution is -2.42. The van der Waals surface area contributed by atoms with Gasteiger partial charge in [0.2, 0.25) is 11.2 Å². The Kier molecular flexibility index (Phi) is 3.91. The Morgan fingerprint density at radius 2 is 1.72 bits per heavy atom. The van der Waals surface area contributed by atoms with Crippen molar-refractivity contribution in [3.05, 3.63) is 57.6 Å². The monoisotopic (exact) mass is 365 g/mol. The third-order valence-electron chi connectivity index (χ3n) is 4.60. The van der Waals surface area contributed by atoms with Gasteiger partial charge in [0.05, 0.1) is 16.4 Å². The molecule has 1 aromatic carbocycles. The molecule has 6 nitrogen and oxygen atoms in total. The maximum atomic E-state index is 13.1. The zero-order valence-electron chi connectivity index (χ0n) is 13.0. The molecule has 0 bridgehead atoms. The second kappa shape index (κ2) is 5.70. The van der Waals surface area contributed by atoms with E-state index in [1.807, 2.05) is 0 Å². The second-order valence-electron chi connectivity index (χ2n) is 5.89. The highest BCUT2D eigenvalue weighted by Gasteiger charge is 2.56. The molecule has 130 valence electrons. The molecular weight excluding hydrogens is 353 g/mol. The van der Waals surface area contributed by atoms with Crippen molar-refractivity contribution in [1.29, 1.82) is 0 Å². The first-order valence-electron chi connectivity index (χ1n) is 7.38. The summed E-state index contributed by atoms with van der Waals surface area (Å²) in [4.78, 5) is 36.2. The van der Waals surface area contributed by atoms with Crippen molar-refractivity contribution in [1.82, 2.24) is 4.57 Å². The van der Waals surface area contributed by atoms with Gasteiger partial charge in [-0.3, -0.25) is 14.4 Å². The van der Waals surface area contributed by atoms with Crippen LogP contribution in [0.15, 0.2) is 24.3 Å². The number of rotatable bonds is 4. The van der Waals surface area contributed by atoms with Crippen molar-refractivity contribution in [2.45, 2.75) is 25.3 Å². The van der Waals surface area contributed by atoms with Crippen molar-refractivity contribution in [3.63, 3.8) is 0 Å². The minimum absolute atomic E-state index is 0.0315. The first-order chi connectivity index (χ1) is 11.7. The average Bonchev–Trinajstić information content (AvgIpc) is 3.06. The Morgan fingerprint density at radius 1 is 1.16 bits per heavy atom. The molecule has 0 aliphatic carbocycles. The fourth-order valence-electron chi connectivity index (χ4n) is 3.29. The summed E-state index contributed by atoms with van der Waals surface area (Å²) in [5.74, 6) is -4.03. The van der Waals surface area contributed by atoms with Crippen molar-refractivity contribution < 1.29 is 29.0 Å². The Hall–Kier alpha value is -2.67. The summed E-state index contributed by atoms with van der Waals surface area (Å²) < 4.78 is 14.4. The maximum Gasteiger partial charge on any atom is 0.327 e. The van der Waals surface area contributed by atoms with E-state index >= 15 is 0 Å². The molecule has 2 aromatic rings. The zero-order valence-corrected chi connectivity index (χ0v) is 13.8. The van der Waals surface area contributed by atoms with Crippen LogP contribution in [0, 0.1) is 12.7 Å². The van der Waals surface area contributed by atoms with Gasteiger partial charge in [-0.1, -0.05) is 11.6 Å². The maximum absolute atomic E-state index is 13.1. The van der Waals surface area contributed by atoms with Crippen LogP contribution in [0.2, 0.25) is 5.02 Å². The summed E-state index contributed by atoms with van der Waals surface area (Å²) in [6.45, 7) is 1.56. The topological polar surface area (TPSA) is 96.6 Å². The Labute approximate surface area is 146 Å². The number of carbonyl (C=O) groups excluding carboxylic acids is 1. The molecule has 0 saturated carbocycles. The molecule has 1 aliphatic heterocycles.